The summed E-state index contributed by atoms with van der Waals surface area (Å²) in [6.07, 6.45) is 4.96. The number of halogens is 1. The summed E-state index contributed by atoms with van der Waals surface area (Å²) in [6, 6.07) is 27.6. The average Bonchev–Trinajstić information content (AvgIpc) is 3.07. The van der Waals surface area contributed by atoms with Crippen LogP contribution in [0.15, 0.2) is 83.3 Å². The fourth-order valence-electron chi connectivity index (χ4n) is 6.30. The van der Waals surface area contributed by atoms with Crippen LogP contribution >= 0.6 is 15.9 Å². The molecule has 34 heavy (non-hydrogen) atoms. The molecule has 3 aromatic carbocycles. The first-order valence-electron chi connectivity index (χ1n) is 12.1. The number of aryl methyl sites for hydroxylation is 1. The van der Waals surface area contributed by atoms with Crippen LogP contribution < -0.4 is 10.2 Å². The fraction of sp³-hybridized carbons (Fsp3) is 0.345. The highest BCUT2D eigenvalue weighted by Gasteiger charge is 2.55. The molecule has 2 aliphatic rings. The van der Waals surface area contributed by atoms with Crippen LogP contribution in [0.2, 0.25) is 0 Å². The number of aliphatic carboxylic acids is 1. The van der Waals surface area contributed by atoms with Gasteiger partial charge in [-0.05, 0) is 73.9 Å². The van der Waals surface area contributed by atoms with Crippen LogP contribution in [0.3, 0.4) is 0 Å². The van der Waals surface area contributed by atoms with Gasteiger partial charge in [0.05, 0.1) is 0 Å². The maximum atomic E-state index is 12.6. The van der Waals surface area contributed by atoms with Crippen molar-refractivity contribution in [2.75, 3.05) is 17.3 Å². The van der Waals surface area contributed by atoms with Gasteiger partial charge in [-0.15, -0.1) is 0 Å². The van der Waals surface area contributed by atoms with Gasteiger partial charge in [0.2, 0.25) is 0 Å². The van der Waals surface area contributed by atoms with Gasteiger partial charge in [-0.2, -0.15) is 0 Å². The van der Waals surface area contributed by atoms with E-state index in [-0.39, 0.29) is 5.41 Å². The van der Waals surface area contributed by atoms with Crippen LogP contribution in [0.4, 0.5) is 11.4 Å². The van der Waals surface area contributed by atoms with Gasteiger partial charge >= 0.3 is 5.97 Å². The maximum Gasteiger partial charge on any atom is 0.329 e. The van der Waals surface area contributed by atoms with Crippen LogP contribution in [-0.2, 0) is 16.6 Å². The van der Waals surface area contributed by atoms with E-state index in [1.807, 2.05) is 24.3 Å². The minimum absolute atomic E-state index is 0.0297. The summed E-state index contributed by atoms with van der Waals surface area (Å²) in [7, 11) is 2.21. The standard InChI is InChI=1S/C29H31BrN2O2/c1-32-25-13-6-5-12-24(25)28(26(32)15-14-21-8-3-2-4-9-21)16-18-29(19-17-28,27(33)34)31-23-11-7-10-22(30)20-23/h2-13,20,26,31H,14-19H2,1H3,(H,33,34). The van der Waals surface area contributed by atoms with Crippen molar-refractivity contribution in [3.05, 3.63) is 94.5 Å². The van der Waals surface area contributed by atoms with Crippen molar-refractivity contribution >= 4 is 33.3 Å². The minimum atomic E-state index is -0.952. The van der Waals surface area contributed by atoms with E-state index in [2.05, 4.69) is 87.8 Å². The molecule has 1 aliphatic carbocycles. The van der Waals surface area contributed by atoms with Crippen LogP contribution in [0.25, 0.3) is 0 Å². The summed E-state index contributed by atoms with van der Waals surface area (Å²) in [5, 5.41) is 13.7. The predicted molar refractivity (Wildman–Crippen MR) is 142 cm³/mol. The highest BCUT2D eigenvalue weighted by molar-refractivity contribution is 9.10. The molecular weight excluding hydrogens is 488 g/mol. The van der Waals surface area contributed by atoms with E-state index in [9.17, 15) is 9.90 Å². The molecule has 1 aliphatic heterocycles. The van der Waals surface area contributed by atoms with Gasteiger partial charge in [-0.25, -0.2) is 4.79 Å². The lowest BCUT2D eigenvalue weighted by Gasteiger charge is -2.47. The lowest BCUT2D eigenvalue weighted by Crippen LogP contribution is -2.55. The second kappa shape index (κ2) is 9.10. The van der Waals surface area contributed by atoms with Crippen molar-refractivity contribution in [2.45, 2.75) is 55.5 Å². The lowest BCUT2D eigenvalue weighted by molar-refractivity contribution is -0.144. The van der Waals surface area contributed by atoms with Gasteiger partial charge in [0.25, 0.3) is 0 Å². The van der Waals surface area contributed by atoms with Crippen LogP contribution in [-0.4, -0.2) is 29.7 Å². The zero-order valence-corrected chi connectivity index (χ0v) is 21.1. The Morgan fingerprint density at radius 3 is 2.41 bits per heavy atom. The van der Waals surface area contributed by atoms with E-state index < -0.39 is 11.5 Å². The normalized spacial score (nSPS) is 25.8. The second-order valence-corrected chi connectivity index (χ2v) is 10.8. The van der Waals surface area contributed by atoms with E-state index in [0.29, 0.717) is 18.9 Å². The summed E-state index contributed by atoms with van der Waals surface area (Å²) in [4.78, 5) is 15.0. The van der Waals surface area contributed by atoms with E-state index in [4.69, 9.17) is 0 Å². The number of hydrogen-bond acceptors (Lipinski definition) is 3. The molecule has 176 valence electrons. The molecule has 1 saturated carbocycles. The van der Waals surface area contributed by atoms with Crippen LogP contribution in [0.1, 0.15) is 43.2 Å². The Balaban J connectivity index is 1.44. The molecule has 4 nitrogen and oxygen atoms in total. The first kappa shape index (κ1) is 23.0. The summed E-state index contributed by atoms with van der Waals surface area (Å²) in [5.74, 6) is -0.761. The van der Waals surface area contributed by atoms with Crippen molar-refractivity contribution in [1.29, 1.82) is 0 Å². The molecule has 0 radical (unpaired) electrons. The number of anilines is 2. The van der Waals surface area contributed by atoms with Gasteiger partial charge in [0.1, 0.15) is 5.54 Å². The quantitative estimate of drug-likeness (QED) is 0.383. The first-order chi connectivity index (χ1) is 16.4. The van der Waals surface area contributed by atoms with Gasteiger partial charge < -0.3 is 15.3 Å². The number of rotatable bonds is 6. The molecule has 5 heteroatoms. The number of para-hydroxylation sites is 1. The summed E-state index contributed by atoms with van der Waals surface area (Å²) < 4.78 is 0.942. The maximum absolute atomic E-state index is 12.6. The first-order valence-corrected chi connectivity index (χ1v) is 12.9. The van der Waals surface area contributed by atoms with Crippen molar-refractivity contribution < 1.29 is 9.90 Å². The molecule has 1 atom stereocenters. The smallest absolute Gasteiger partial charge is 0.329 e. The number of carboxylic acid groups (broad SMARTS) is 1. The number of nitrogens with zero attached hydrogens (tertiary/aromatic N) is 1. The Kier molecular flexibility index (Phi) is 6.15. The third-order valence-electron chi connectivity index (χ3n) is 8.09. The van der Waals surface area contributed by atoms with Crippen LogP contribution in [0.5, 0.6) is 0 Å². The van der Waals surface area contributed by atoms with Gasteiger partial charge in [-0.1, -0.05) is 70.5 Å². The molecule has 1 fully saturated rings. The molecule has 0 amide bonds. The number of carboxylic acids is 1. The number of fused-ring (bicyclic) bond motifs is 2. The summed E-state index contributed by atoms with van der Waals surface area (Å²) in [5.41, 5.74) is 3.90. The molecular formula is C29H31BrN2O2. The summed E-state index contributed by atoms with van der Waals surface area (Å²) >= 11 is 3.51. The molecule has 1 spiro atoms. The highest BCUT2D eigenvalue weighted by Crippen LogP contribution is 2.55. The molecule has 0 bridgehead atoms. The molecule has 2 N–H and O–H groups in total. The second-order valence-electron chi connectivity index (χ2n) is 9.85. The van der Waals surface area contributed by atoms with E-state index >= 15 is 0 Å². The molecule has 0 saturated heterocycles. The number of nitrogens with one attached hydrogen (secondary N) is 1. The summed E-state index contributed by atoms with van der Waals surface area (Å²) in [6.45, 7) is 0. The van der Waals surface area contributed by atoms with Crippen molar-refractivity contribution in [2.24, 2.45) is 0 Å². The molecule has 0 aromatic heterocycles. The largest absolute Gasteiger partial charge is 0.480 e. The highest BCUT2D eigenvalue weighted by atomic mass is 79.9. The molecule has 1 heterocycles. The van der Waals surface area contributed by atoms with Gasteiger partial charge in [-0.3, -0.25) is 0 Å². The van der Waals surface area contributed by atoms with Crippen molar-refractivity contribution in [1.82, 2.24) is 0 Å². The SMILES string of the molecule is CN1c2ccccc2C2(CCC(Nc3cccc(Br)c3)(C(=O)O)CC2)C1CCc1ccccc1. The number of likely N-dealkylation sites (N-methyl/N-ethyl adjacent to an activating group) is 1. The number of hydrogen-bond donors (Lipinski definition) is 2. The minimum Gasteiger partial charge on any atom is -0.480 e. The Bertz CT molecular complexity index is 1170. The van der Waals surface area contributed by atoms with E-state index in [1.54, 1.807) is 0 Å². The van der Waals surface area contributed by atoms with Crippen LogP contribution in [0, 0.1) is 0 Å². The van der Waals surface area contributed by atoms with Crippen molar-refractivity contribution in [3.8, 4) is 0 Å². The Morgan fingerprint density at radius 2 is 1.71 bits per heavy atom. The Hall–Kier alpha value is -2.79. The third-order valence-corrected chi connectivity index (χ3v) is 8.58. The molecule has 3 aromatic rings. The zero-order chi connectivity index (χ0) is 23.8. The monoisotopic (exact) mass is 518 g/mol. The topological polar surface area (TPSA) is 52.6 Å². The molecule has 5 rings (SSSR count). The van der Waals surface area contributed by atoms with Crippen molar-refractivity contribution in [3.63, 3.8) is 0 Å². The Labute approximate surface area is 210 Å². The van der Waals surface area contributed by atoms with Gasteiger partial charge in [0, 0.05) is 34.4 Å². The number of benzene rings is 3. The lowest BCUT2D eigenvalue weighted by atomic mass is 9.61. The number of carbonyl (C=O) groups is 1. The van der Waals surface area contributed by atoms with E-state index in [1.165, 1.54) is 16.8 Å². The fourth-order valence-corrected chi connectivity index (χ4v) is 6.70. The molecule has 1 unspecified atom stereocenters. The Morgan fingerprint density at radius 1 is 1.00 bits per heavy atom. The zero-order valence-electron chi connectivity index (χ0n) is 19.5. The third kappa shape index (κ3) is 4.00. The average molecular weight is 519 g/mol. The predicted octanol–water partition coefficient (Wildman–Crippen LogP) is 6.65. The van der Waals surface area contributed by atoms with Gasteiger partial charge in [0.15, 0.2) is 0 Å². The van der Waals surface area contributed by atoms with E-state index in [0.717, 1.165) is 35.8 Å².